The first kappa shape index (κ1) is 31.5. The van der Waals surface area contributed by atoms with E-state index in [-0.39, 0.29) is 23.8 Å². The molecular formula is C35H44N2O4. The highest BCUT2D eigenvalue weighted by molar-refractivity contribution is 6.03. The topological polar surface area (TPSA) is 69.6 Å². The van der Waals surface area contributed by atoms with E-state index in [4.69, 9.17) is 9.47 Å². The van der Waals surface area contributed by atoms with Gasteiger partial charge in [0.15, 0.2) is 5.75 Å². The van der Waals surface area contributed by atoms with Gasteiger partial charge in [0.05, 0.1) is 12.6 Å². The maximum atomic E-state index is 13.8. The maximum Gasteiger partial charge on any atom is 0.297 e. The van der Waals surface area contributed by atoms with Crippen molar-refractivity contribution >= 4 is 28.6 Å². The zero-order chi connectivity index (χ0) is 29.6. The van der Waals surface area contributed by atoms with Gasteiger partial charge in [0, 0.05) is 23.7 Å². The van der Waals surface area contributed by atoms with E-state index in [2.05, 4.69) is 39.1 Å². The zero-order valence-electron chi connectivity index (χ0n) is 25.2. The molecule has 3 rings (SSSR count). The molecule has 41 heavy (non-hydrogen) atoms. The second-order valence-corrected chi connectivity index (χ2v) is 10.5. The Kier molecular flexibility index (Phi) is 12.5. The predicted molar refractivity (Wildman–Crippen MR) is 171 cm³/mol. The summed E-state index contributed by atoms with van der Waals surface area (Å²) in [5, 5.41) is 3.69. The number of nitrogens with one attached hydrogen (secondary N) is 1. The van der Waals surface area contributed by atoms with Crippen LogP contribution in [0.25, 0.3) is 17.0 Å². The fourth-order valence-electron chi connectivity index (χ4n) is 4.60. The number of pyridine rings is 1. The number of fused-ring (bicyclic) bond motifs is 1. The van der Waals surface area contributed by atoms with Crippen molar-refractivity contribution in [1.82, 2.24) is 4.57 Å². The van der Waals surface area contributed by atoms with Gasteiger partial charge >= 0.3 is 0 Å². The molecule has 6 nitrogen and oxygen atoms in total. The molecule has 0 atom stereocenters. The number of rotatable bonds is 15. The second kappa shape index (κ2) is 16.3. The lowest BCUT2D eigenvalue weighted by Crippen LogP contribution is -2.24. The number of aryl methyl sites for hydroxylation is 1. The van der Waals surface area contributed by atoms with Crippen molar-refractivity contribution in [2.75, 3.05) is 19.0 Å². The Morgan fingerprint density at radius 3 is 2.46 bits per heavy atom. The molecule has 0 aliphatic heterocycles. The fraction of sp³-hybridized carbons (Fsp3) is 0.371. The van der Waals surface area contributed by atoms with Crippen LogP contribution in [0.2, 0.25) is 0 Å². The molecule has 3 aromatic rings. The summed E-state index contributed by atoms with van der Waals surface area (Å²) in [5.74, 6) is 0.377. The van der Waals surface area contributed by atoms with Crippen LogP contribution in [0.5, 0.6) is 11.5 Å². The first-order chi connectivity index (χ1) is 19.8. The lowest BCUT2D eigenvalue weighted by atomic mass is 10.1. The number of anilines is 1. The van der Waals surface area contributed by atoms with E-state index in [1.165, 1.54) is 17.2 Å². The van der Waals surface area contributed by atoms with Crippen LogP contribution in [0.3, 0.4) is 0 Å². The highest BCUT2D eigenvalue weighted by atomic mass is 16.5. The van der Waals surface area contributed by atoms with Crippen LogP contribution in [0, 0.1) is 0 Å². The molecule has 0 bridgehead atoms. The highest BCUT2D eigenvalue weighted by Crippen LogP contribution is 2.34. The molecule has 2 aromatic carbocycles. The van der Waals surface area contributed by atoms with Crippen LogP contribution < -0.4 is 20.3 Å². The highest BCUT2D eigenvalue weighted by Gasteiger charge is 2.19. The number of unbranched alkanes of at least 4 members (excludes halogenated alkanes) is 3. The molecule has 1 amide bonds. The molecule has 0 fully saturated rings. The van der Waals surface area contributed by atoms with Gasteiger partial charge in [0.1, 0.15) is 6.61 Å². The summed E-state index contributed by atoms with van der Waals surface area (Å²) >= 11 is 0. The summed E-state index contributed by atoms with van der Waals surface area (Å²) in [6, 6.07) is 15.2. The van der Waals surface area contributed by atoms with E-state index in [0.717, 1.165) is 49.5 Å². The van der Waals surface area contributed by atoms with Gasteiger partial charge in [-0.2, -0.15) is 0 Å². The fourth-order valence-corrected chi connectivity index (χ4v) is 4.60. The number of amides is 1. The predicted octanol–water partition coefficient (Wildman–Crippen LogP) is 8.31. The number of benzene rings is 2. The molecule has 0 aliphatic carbocycles. The minimum atomic E-state index is -0.247. The number of carbonyl (C=O) groups is 1. The number of hydrogen-bond donors (Lipinski definition) is 1. The summed E-state index contributed by atoms with van der Waals surface area (Å²) in [6.07, 6.45) is 13.6. The van der Waals surface area contributed by atoms with Crippen molar-refractivity contribution in [3.63, 3.8) is 0 Å². The third-order valence-corrected chi connectivity index (χ3v) is 6.86. The minimum Gasteiger partial charge on any atom is -0.492 e. The molecule has 1 heterocycles. The molecule has 0 saturated heterocycles. The van der Waals surface area contributed by atoms with Crippen molar-refractivity contribution in [2.24, 2.45) is 0 Å². The van der Waals surface area contributed by atoms with Gasteiger partial charge in [-0.25, -0.2) is 0 Å². The Hall–Kier alpha value is -4.06. The number of allylic oxidation sites excluding steroid dienone is 3. The van der Waals surface area contributed by atoms with E-state index in [0.29, 0.717) is 23.5 Å². The largest absolute Gasteiger partial charge is 0.492 e. The van der Waals surface area contributed by atoms with Gasteiger partial charge in [-0.3, -0.25) is 9.59 Å². The van der Waals surface area contributed by atoms with Crippen LogP contribution >= 0.6 is 0 Å². The summed E-state index contributed by atoms with van der Waals surface area (Å²) in [7, 11) is 1.55. The van der Waals surface area contributed by atoms with Gasteiger partial charge in [0.2, 0.25) is 11.7 Å². The number of hydrogen-bond acceptors (Lipinski definition) is 4. The van der Waals surface area contributed by atoms with Crippen LogP contribution in [0.15, 0.2) is 82.7 Å². The monoisotopic (exact) mass is 556 g/mol. The van der Waals surface area contributed by atoms with Gasteiger partial charge in [-0.05, 0) is 75.9 Å². The van der Waals surface area contributed by atoms with E-state index in [1.54, 1.807) is 17.8 Å². The van der Waals surface area contributed by atoms with Crippen molar-refractivity contribution in [3.05, 3.63) is 93.8 Å². The van der Waals surface area contributed by atoms with Gasteiger partial charge < -0.3 is 19.4 Å². The Morgan fingerprint density at radius 1 is 0.976 bits per heavy atom. The Morgan fingerprint density at radius 2 is 1.76 bits per heavy atom. The smallest absolute Gasteiger partial charge is 0.297 e. The molecule has 218 valence electrons. The molecule has 0 unspecified atom stereocenters. The van der Waals surface area contributed by atoms with Gasteiger partial charge in [-0.1, -0.05) is 73.7 Å². The Balaban J connectivity index is 1.91. The normalized spacial score (nSPS) is 11.6. The molecule has 1 N–H and O–H groups in total. The first-order valence-corrected chi connectivity index (χ1v) is 14.5. The minimum absolute atomic E-state index is 0.214. The van der Waals surface area contributed by atoms with Crippen LogP contribution in [-0.4, -0.2) is 24.2 Å². The van der Waals surface area contributed by atoms with E-state index in [9.17, 15) is 9.59 Å². The standard InChI is InChI=1S/C35H44N2O4/c1-6-7-8-12-23-37-31-25-29(36-32(38)21-18-28-16-10-9-11-17-28)19-20-30(31)33(40-5)34(35(37)39)41-24-22-27(4)15-13-14-26(2)3/h9-11,14,16-22,25H,6-8,12-13,15,23-24H2,1-5H3,(H,36,38)/b21-18+,27-22+. The van der Waals surface area contributed by atoms with Crippen LogP contribution in [0.1, 0.15) is 71.8 Å². The van der Waals surface area contributed by atoms with Crippen LogP contribution in [-0.2, 0) is 11.3 Å². The van der Waals surface area contributed by atoms with E-state index < -0.39 is 0 Å². The quantitative estimate of drug-likeness (QED) is 0.116. The number of ether oxygens (including phenoxy) is 2. The molecule has 6 heteroatoms. The first-order valence-electron chi connectivity index (χ1n) is 14.5. The molecule has 0 saturated carbocycles. The third-order valence-electron chi connectivity index (χ3n) is 6.86. The van der Waals surface area contributed by atoms with Crippen molar-refractivity contribution in [2.45, 2.75) is 72.8 Å². The van der Waals surface area contributed by atoms with Crippen molar-refractivity contribution < 1.29 is 14.3 Å². The summed E-state index contributed by atoms with van der Waals surface area (Å²) < 4.78 is 13.6. The molecule has 0 aliphatic rings. The van der Waals surface area contributed by atoms with E-state index >= 15 is 0 Å². The van der Waals surface area contributed by atoms with E-state index in [1.807, 2.05) is 54.6 Å². The SMILES string of the molecule is CCCCCCn1c(=O)c(OC/C=C(\C)CCC=C(C)C)c(OC)c2ccc(NC(=O)/C=C/c3ccccc3)cc21. The lowest BCUT2D eigenvalue weighted by molar-refractivity contribution is -0.111. The average Bonchev–Trinajstić information content (AvgIpc) is 2.96. The Labute approximate surface area is 244 Å². The van der Waals surface area contributed by atoms with Crippen molar-refractivity contribution in [3.8, 4) is 11.5 Å². The summed E-state index contributed by atoms with van der Waals surface area (Å²) in [4.78, 5) is 26.4. The van der Waals surface area contributed by atoms with Gasteiger partial charge in [0.25, 0.3) is 5.56 Å². The lowest BCUT2D eigenvalue weighted by Gasteiger charge is -2.18. The number of carbonyl (C=O) groups excluding carboxylic acids is 1. The molecule has 1 aromatic heterocycles. The summed E-state index contributed by atoms with van der Waals surface area (Å²) in [6.45, 7) is 9.28. The third kappa shape index (κ3) is 9.52. The number of methoxy groups -OCH3 is 1. The Bertz CT molecular complexity index is 1440. The van der Waals surface area contributed by atoms with Gasteiger partial charge in [-0.15, -0.1) is 0 Å². The maximum absolute atomic E-state index is 13.8. The zero-order valence-corrected chi connectivity index (χ0v) is 25.2. The number of nitrogens with zero attached hydrogens (tertiary/aromatic N) is 1. The van der Waals surface area contributed by atoms with Crippen molar-refractivity contribution in [1.29, 1.82) is 0 Å². The number of aromatic nitrogens is 1. The molecular weight excluding hydrogens is 512 g/mol. The molecule has 0 spiro atoms. The summed E-state index contributed by atoms with van der Waals surface area (Å²) in [5.41, 5.74) is 4.54. The van der Waals surface area contributed by atoms with Crippen LogP contribution in [0.4, 0.5) is 5.69 Å². The second-order valence-electron chi connectivity index (χ2n) is 10.5. The molecule has 0 radical (unpaired) electrons. The average molecular weight is 557 g/mol.